The molecule has 4 heteroatoms. The first-order valence-electron chi connectivity index (χ1n) is 5.97. The van der Waals surface area contributed by atoms with Gasteiger partial charge in [0.2, 0.25) is 0 Å². The van der Waals surface area contributed by atoms with Crippen LogP contribution in [0, 0.1) is 0 Å². The zero-order valence-corrected chi connectivity index (χ0v) is 10.3. The molecule has 0 fully saturated rings. The summed E-state index contributed by atoms with van der Waals surface area (Å²) in [5, 5.41) is 11.4. The van der Waals surface area contributed by atoms with Crippen LogP contribution >= 0.6 is 0 Å². The molecule has 0 saturated carbocycles. The Bertz CT molecular complexity index is 476. The molecule has 0 aliphatic heterocycles. The summed E-state index contributed by atoms with van der Waals surface area (Å²) < 4.78 is 2.07. The van der Waals surface area contributed by atoms with Gasteiger partial charge in [0.25, 0.3) is 0 Å². The summed E-state index contributed by atoms with van der Waals surface area (Å²) in [7, 11) is 1.97. The van der Waals surface area contributed by atoms with Crippen molar-refractivity contribution < 1.29 is 0 Å². The quantitative estimate of drug-likeness (QED) is 0.850. The average molecular weight is 230 g/mol. The zero-order valence-electron chi connectivity index (χ0n) is 10.3. The van der Waals surface area contributed by atoms with Crippen LogP contribution in [0.15, 0.2) is 30.6 Å². The van der Waals surface area contributed by atoms with Crippen LogP contribution in [0.5, 0.6) is 0 Å². The standard InChI is InChI=1S/C13H18N4/c1-3-17-10-15-16-13(17)12-7-5-4-6-11(12)8-9-14-2/h4-7,10,14H,3,8-9H2,1-2H3. The summed E-state index contributed by atoms with van der Waals surface area (Å²) in [6.07, 6.45) is 2.79. The number of hydrogen-bond donors (Lipinski definition) is 1. The second-order valence-corrected chi connectivity index (χ2v) is 3.95. The van der Waals surface area contributed by atoms with Crippen molar-refractivity contribution in [1.29, 1.82) is 0 Å². The van der Waals surface area contributed by atoms with Gasteiger partial charge < -0.3 is 9.88 Å². The molecule has 2 rings (SSSR count). The zero-order chi connectivity index (χ0) is 12.1. The highest BCUT2D eigenvalue weighted by Crippen LogP contribution is 2.21. The van der Waals surface area contributed by atoms with E-state index >= 15 is 0 Å². The number of likely N-dealkylation sites (N-methyl/N-ethyl adjacent to an activating group) is 1. The van der Waals surface area contributed by atoms with Crippen molar-refractivity contribution in [2.24, 2.45) is 0 Å². The van der Waals surface area contributed by atoms with Gasteiger partial charge in [-0.05, 0) is 32.5 Å². The van der Waals surface area contributed by atoms with Crippen molar-refractivity contribution >= 4 is 0 Å². The van der Waals surface area contributed by atoms with Crippen LogP contribution in [-0.2, 0) is 13.0 Å². The van der Waals surface area contributed by atoms with Gasteiger partial charge in [-0.3, -0.25) is 0 Å². The predicted molar refractivity (Wildman–Crippen MR) is 68.8 cm³/mol. The lowest BCUT2D eigenvalue weighted by atomic mass is 10.0. The Morgan fingerprint density at radius 2 is 2.12 bits per heavy atom. The maximum Gasteiger partial charge on any atom is 0.164 e. The number of nitrogens with zero attached hydrogens (tertiary/aromatic N) is 3. The first-order chi connectivity index (χ1) is 8.36. The van der Waals surface area contributed by atoms with E-state index in [4.69, 9.17) is 0 Å². The monoisotopic (exact) mass is 230 g/mol. The van der Waals surface area contributed by atoms with Crippen LogP contribution in [0.2, 0.25) is 0 Å². The van der Waals surface area contributed by atoms with Crippen molar-refractivity contribution in [1.82, 2.24) is 20.1 Å². The van der Waals surface area contributed by atoms with Crippen LogP contribution in [0.1, 0.15) is 12.5 Å². The van der Waals surface area contributed by atoms with Crippen molar-refractivity contribution in [2.45, 2.75) is 19.9 Å². The Morgan fingerprint density at radius 1 is 1.29 bits per heavy atom. The van der Waals surface area contributed by atoms with Gasteiger partial charge in [-0.15, -0.1) is 10.2 Å². The van der Waals surface area contributed by atoms with E-state index in [0.717, 1.165) is 25.3 Å². The minimum absolute atomic E-state index is 0.892. The summed E-state index contributed by atoms with van der Waals surface area (Å²) in [4.78, 5) is 0. The van der Waals surface area contributed by atoms with Gasteiger partial charge in [-0.1, -0.05) is 24.3 Å². The molecule has 0 bridgehead atoms. The van der Waals surface area contributed by atoms with E-state index in [0.29, 0.717) is 0 Å². The largest absolute Gasteiger partial charge is 0.319 e. The van der Waals surface area contributed by atoms with Crippen LogP contribution < -0.4 is 5.32 Å². The first kappa shape index (κ1) is 11.8. The molecule has 0 saturated heterocycles. The molecule has 1 aromatic heterocycles. The molecule has 0 spiro atoms. The number of aryl methyl sites for hydroxylation is 1. The van der Waals surface area contributed by atoms with Gasteiger partial charge in [0.1, 0.15) is 6.33 Å². The lowest BCUT2D eigenvalue weighted by Gasteiger charge is -2.09. The van der Waals surface area contributed by atoms with E-state index in [2.05, 4.69) is 45.2 Å². The molecule has 0 amide bonds. The summed E-state index contributed by atoms with van der Waals surface area (Å²) in [5.41, 5.74) is 2.49. The summed E-state index contributed by atoms with van der Waals surface area (Å²) in [6, 6.07) is 8.39. The number of nitrogens with one attached hydrogen (secondary N) is 1. The summed E-state index contributed by atoms with van der Waals surface area (Å²) >= 11 is 0. The fourth-order valence-electron chi connectivity index (χ4n) is 1.91. The maximum atomic E-state index is 4.22. The fraction of sp³-hybridized carbons (Fsp3) is 0.385. The first-order valence-corrected chi connectivity index (χ1v) is 5.97. The van der Waals surface area contributed by atoms with Crippen molar-refractivity contribution in [3.05, 3.63) is 36.2 Å². The van der Waals surface area contributed by atoms with Gasteiger partial charge in [0.15, 0.2) is 5.82 Å². The normalized spacial score (nSPS) is 10.7. The third-order valence-electron chi connectivity index (χ3n) is 2.86. The lowest BCUT2D eigenvalue weighted by Crippen LogP contribution is -2.11. The number of hydrogen-bond acceptors (Lipinski definition) is 3. The van der Waals surface area contributed by atoms with Crippen LogP contribution in [0.25, 0.3) is 11.4 Å². The van der Waals surface area contributed by atoms with Crippen LogP contribution in [0.3, 0.4) is 0 Å². The Balaban J connectivity index is 2.37. The van der Waals surface area contributed by atoms with E-state index in [1.54, 1.807) is 6.33 Å². The Morgan fingerprint density at radius 3 is 2.88 bits per heavy atom. The van der Waals surface area contributed by atoms with Crippen molar-refractivity contribution in [3.8, 4) is 11.4 Å². The lowest BCUT2D eigenvalue weighted by molar-refractivity contribution is 0.762. The van der Waals surface area contributed by atoms with Crippen molar-refractivity contribution in [3.63, 3.8) is 0 Å². The van der Waals surface area contributed by atoms with Gasteiger partial charge in [-0.25, -0.2) is 0 Å². The summed E-state index contributed by atoms with van der Waals surface area (Å²) in [5.74, 6) is 0.958. The topological polar surface area (TPSA) is 42.7 Å². The molecular formula is C13H18N4. The van der Waals surface area contributed by atoms with Crippen LogP contribution in [0.4, 0.5) is 0 Å². The molecule has 0 aliphatic rings. The predicted octanol–water partition coefficient (Wildman–Crippen LogP) is 1.73. The third kappa shape index (κ3) is 2.53. The number of aromatic nitrogens is 3. The van der Waals surface area contributed by atoms with Gasteiger partial charge in [0.05, 0.1) is 0 Å². The molecule has 0 radical (unpaired) electrons. The minimum Gasteiger partial charge on any atom is -0.319 e. The average Bonchev–Trinajstić information content (AvgIpc) is 2.84. The highest BCUT2D eigenvalue weighted by atomic mass is 15.3. The van der Waals surface area contributed by atoms with Gasteiger partial charge >= 0.3 is 0 Å². The number of rotatable bonds is 5. The van der Waals surface area contributed by atoms with Crippen molar-refractivity contribution in [2.75, 3.05) is 13.6 Å². The second kappa shape index (κ2) is 5.59. The molecule has 0 atom stereocenters. The molecule has 90 valence electrons. The van der Waals surface area contributed by atoms with E-state index in [9.17, 15) is 0 Å². The van der Waals surface area contributed by atoms with E-state index in [1.165, 1.54) is 11.1 Å². The molecule has 1 N–H and O–H groups in total. The highest BCUT2D eigenvalue weighted by molar-refractivity contribution is 5.60. The smallest absolute Gasteiger partial charge is 0.164 e. The third-order valence-corrected chi connectivity index (χ3v) is 2.86. The fourth-order valence-corrected chi connectivity index (χ4v) is 1.91. The molecule has 2 aromatic rings. The Labute approximate surface area is 102 Å². The molecule has 1 aromatic carbocycles. The second-order valence-electron chi connectivity index (χ2n) is 3.95. The van der Waals surface area contributed by atoms with E-state index in [1.807, 2.05) is 13.1 Å². The van der Waals surface area contributed by atoms with Gasteiger partial charge in [-0.2, -0.15) is 0 Å². The Hall–Kier alpha value is -1.68. The Kier molecular flexibility index (Phi) is 3.88. The molecule has 0 unspecified atom stereocenters. The minimum atomic E-state index is 0.892. The molecule has 0 aliphatic carbocycles. The molecule has 17 heavy (non-hydrogen) atoms. The molecule has 1 heterocycles. The summed E-state index contributed by atoms with van der Waals surface area (Å²) in [6.45, 7) is 3.96. The van der Waals surface area contributed by atoms with E-state index in [-0.39, 0.29) is 0 Å². The molecule has 4 nitrogen and oxygen atoms in total. The number of benzene rings is 1. The SMILES string of the molecule is CCn1cnnc1-c1ccccc1CCNC. The van der Waals surface area contributed by atoms with Gasteiger partial charge in [0, 0.05) is 12.1 Å². The highest BCUT2D eigenvalue weighted by Gasteiger charge is 2.09. The molecular weight excluding hydrogens is 212 g/mol. The van der Waals surface area contributed by atoms with E-state index < -0.39 is 0 Å². The maximum absolute atomic E-state index is 4.22. The van der Waals surface area contributed by atoms with Crippen LogP contribution in [-0.4, -0.2) is 28.4 Å².